The first-order valence-electron chi connectivity index (χ1n) is 6.36. The van der Waals surface area contributed by atoms with Crippen LogP contribution >= 0.6 is 0 Å². The van der Waals surface area contributed by atoms with Crippen molar-refractivity contribution in [3.63, 3.8) is 0 Å². The highest BCUT2D eigenvalue weighted by Crippen LogP contribution is 2.24. The van der Waals surface area contributed by atoms with E-state index in [1.807, 2.05) is 0 Å². The van der Waals surface area contributed by atoms with Gasteiger partial charge in [-0.05, 0) is 24.3 Å². The number of esters is 1. The second kappa shape index (κ2) is 8.58. The Kier molecular flexibility index (Phi) is 7.74. The van der Waals surface area contributed by atoms with E-state index in [9.17, 15) is 45.1 Å². The molecule has 25 heavy (non-hydrogen) atoms. The Morgan fingerprint density at radius 3 is 1.48 bits per heavy atom. The molecule has 1 rings (SSSR count). The van der Waals surface area contributed by atoms with E-state index in [-0.39, 0.29) is 17.7 Å². The number of Topliss-reactive ketones (excluding diaryl/α,β-unsaturated/α-hetero) is 2. The Hall–Kier alpha value is -2.46. The average Bonchev–Trinajstić information content (AvgIpc) is 2.46. The number of rotatable bonds is 3. The molecule has 4 nitrogen and oxygen atoms in total. The van der Waals surface area contributed by atoms with Crippen LogP contribution in [0.1, 0.15) is 13.8 Å². The lowest BCUT2D eigenvalue weighted by atomic mass is 10.2. The number of ether oxygens (including phenoxy) is 1. The Morgan fingerprint density at radius 2 is 1.20 bits per heavy atom. The number of ketones is 2. The van der Waals surface area contributed by atoms with E-state index in [0.717, 1.165) is 0 Å². The van der Waals surface area contributed by atoms with E-state index >= 15 is 0 Å². The van der Waals surface area contributed by atoms with Gasteiger partial charge in [-0.2, -0.15) is 26.3 Å². The highest BCUT2D eigenvalue weighted by atomic mass is 19.4. The van der Waals surface area contributed by atoms with Crippen molar-refractivity contribution in [2.45, 2.75) is 26.2 Å². The Morgan fingerprint density at radius 1 is 0.840 bits per heavy atom. The maximum atomic E-state index is 12.4. The zero-order chi connectivity index (χ0) is 20.0. The lowest BCUT2D eigenvalue weighted by Crippen LogP contribution is -2.39. The van der Waals surface area contributed by atoms with Gasteiger partial charge in [0.1, 0.15) is 11.6 Å². The number of hydrogen-bond acceptors (Lipinski definition) is 4. The van der Waals surface area contributed by atoms with Gasteiger partial charge in [-0.15, -0.1) is 0 Å². The number of halogens is 7. The quantitative estimate of drug-likeness (QED) is 0.350. The van der Waals surface area contributed by atoms with Crippen molar-refractivity contribution in [1.29, 1.82) is 0 Å². The van der Waals surface area contributed by atoms with Crippen LogP contribution in [-0.2, 0) is 14.4 Å². The Labute approximate surface area is 136 Å². The van der Waals surface area contributed by atoms with Gasteiger partial charge in [-0.1, -0.05) is 13.8 Å². The van der Waals surface area contributed by atoms with Crippen LogP contribution in [0.5, 0.6) is 5.75 Å². The van der Waals surface area contributed by atoms with Crippen molar-refractivity contribution in [3.8, 4) is 5.75 Å². The van der Waals surface area contributed by atoms with Gasteiger partial charge in [-0.3, -0.25) is 14.4 Å². The highest BCUT2D eigenvalue weighted by molar-refractivity contribution is 6.41. The molecule has 0 bridgehead atoms. The van der Waals surface area contributed by atoms with Crippen molar-refractivity contribution >= 4 is 17.5 Å². The zero-order valence-corrected chi connectivity index (χ0v) is 12.7. The molecule has 0 radical (unpaired) electrons. The molecule has 0 spiro atoms. The molecule has 0 N–H and O–H groups in total. The van der Waals surface area contributed by atoms with Gasteiger partial charge in [0.2, 0.25) is 0 Å². The Balaban J connectivity index is 0.000000463. The summed E-state index contributed by atoms with van der Waals surface area (Å²) in [6.45, 7) is 3.48. The van der Waals surface area contributed by atoms with Crippen LogP contribution in [0.4, 0.5) is 30.7 Å². The maximum Gasteiger partial charge on any atom is 0.458 e. The van der Waals surface area contributed by atoms with Crippen molar-refractivity contribution in [2.75, 3.05) is 0 Å². The molecule has 0 saturated carbocycles. The first-order valence-corrected chi connectivity index (χ1v) is 6.36. The van der Waals surface area contributed by atoms with E-state index in [1.165, 1.54) is 24.3 Å². The molecule has 0 atom stereocenters. The molecule has 11 heteroatoms. The minimum absolute atomic E-state index is 0.176. The van der Waals surface area contributed by atoms with E-state index < -0.39 is 23.9 Å². The minimum Gasteiger partial charge on any atom is -0.426 e. The molecule has 0 aliphatic heterocycles. The fourth-order valence-corrected chi connectivity index (χ4v) is 0.994. The predicted molar refractivity (Wildman–Crippen MR) is 69.0 cm³/mol. The molecule has 0 aliphatic rings. The zero-order valence-electron chi connectivity index (χ0n) is 12.7. The van der Waals surface area contributed by atoms with Crippen LogP contribution in [0.3, 0.4) is 0 Å². The summed E-state index contributed by atoms with van der Waals surface area (Å²) in [7, 11) is 0. The first-order chi connectivity index (χ1) is 11.2. The van der Waals surface area contributed by atoms with E-state index in [2.05, 4.69) is 0 Å². The molecule has 140 valence electrons. The summed E-state index contributed by atoms with van der Waals surface area (Å²) in [5.41, 5.74) is 0. The topological polar surface area (TPSA) is 60.4 Å². The van der Waals surface area contributed by atoms with Gasteiger partial charge in [0.15, 0.2) is 0 Å². The standard InChI is InChI=1S/C10H11FO2.C4F6O2/c1-7(2)10(12)13-9-5-3-8(11)4-6-9;5-3(6,7)1(11)2(12)4(8,9)10/h3-7H,1-2H3;. The fourth-order valence-electron chi connectivity index (χ4n) is 0.994. The molecule has 0 fully saturated rings. The largest absolute Gasteiger partial charge is 0.458 e. The van der Waals surface area contributed by atoms with E-state index in [1.54, 1.807) is 13.8 Å². The Bertz CT molecular complexity index is 592. The number of hydrogen-bond donors (Lipinski definition) is 0. The number of carbonyl (C=O) groups excluding carboxylic acids is 3. The minimum atomic E-state index is -5.77. The molecule has 0 unspecified atom stereocenters. The lowest BCUT2D eigenvalue weighted by Gasteiger charge is -2.05. The summed E-state index contributed by atoms with van der Waals surface area (Å²) in [6.07, 6.45) is -11.5. The summed E-state index contributed by atoms with van der Waals surface area (Å²) in [4.78, 5) is 30.3. The third-order valence-corrected chi connectivity index (χ3v) is 2.22. The van der Waals surface area contributed by atoms with Crippen LogP contribution in [0.15, 0.2) is 24.3 Å². The van der Waals surface area contributed by atoms with Crippen LogP contribution < -0.4 is 4.74 Å². The van der Waals surface area contributed by atoms with Gasteiger partial charge in [0, 0.05) is 0 Å². The van der Waals surface area contributed by atoms with E-state index in [0.29, 0.717) is 5.75 Å². The molecule has 0 amide bonds. The predicted octanol–water partition coefficient (Wildman–Crippen LogP) is 3.64. The second-order valence-electron chi connectivity index (χ2n) is 4.68. The number of benzene rings is 1. The van der Waals surface area contributed by atoms with Crippen molar-refractivity contribution in [3.05, 3.63) is 30.1 Å². The highest BCUT2D eigenvalue weighted by Gasteiger charge is 2.54. The lowest BCUT2D eigenvalue weighted by molar-refractivity contribution is -0.193. The normalized spacial score (nSPS) is 11.4. The second-order valence-corrected chi connectivity index (χ2v) is 4.68. The molecule has 0 saturated heterocycles. The smallest absolute Gasteiger partial charge is 0.426 e. The average molecular weight is 376 g/mol. The monoisotopic (exact) mass is 376 g/mol. The molecular formula is C14H11F7O4. The molecule has 0 aromatic heterocycles. The van der Waals surface area contributed by atoms with Crippen molar-refractivity contribution in [1.82, 2.24) is 0 Å². The third kappa shape index (κ3) is 8.27. The molecular weight excluding hydrogens is 365 g/mol. The fraction of sp³-hybridized carbons (Fsp3) is 0.357. The van der Waals surface area contributed by atoms with Gasteiger partial charge in [0.25, 0.3) is 0 Å². The summed E-state index contributed by atoms with van der Waals surface area (Å²) in [5.74, 6) is -7.27. The van der Waals surface area contributed by atoms with Gasteiger partial charge in [-0.25, -0.2) is 4.39 Å². The third-order valence-electron chi connectivity index (χ3n) is 2.22. The van der Waals surface area contributed by atoms with Crippen molar-refractivity contribution < 1.29 is 49.9 Å². The van der Waals surface area contributed by atoms with Gasteiger partial charge < -0.3 is 4.74 Å². The summed E-state index contributed by atoms with van der Waals surface area (Å²) < 4.78 is 84.3. The summed E-state index contributed by atoms with van der Waals surface area (Å²) >= 11 is 0. The number of alkyl halides is 6. The molecule has 0 heterocycles. The molecule has 1 aromatic rings. The first kappa shape index (κ1) is 22.5. The van der Waals surface area contributed by atoms with Gasteiger partial charge >= 0.3 is 29.9 Å². The van der Waals surface area contributed by atoms with Crippen LogP contribution in [0, 0.1) is 11.7 Å². The van der Waals surface area contributed by atoms with Crippen LogP contribution in [0.25, 0.3) is 0 Å². The summed E-state index contributed by atoms with van der Waals surface area (Å²) in [5, 5.41) is 0. The SMILES string of the molecule is CC(C)C(=O)Oc1ccc(F)cc1.O=C(C(=O)C(F)(F)F)C(F)(F)F. The van der Waals surface area contributed by atoms with Crippen LogP contribution in [-0.4, -0.2) is 29.9 Å². The van der Waals surface area contributed by atoms with Gasteiger partial charge in [0.05, 0.1) is 5.92 Å². The molecule has 0 aliphatic carbocycles. The van der Waals surface area contributed by atoms with Crippen LogP contribution in [0.2, 0.25) is 0 Å². The number of carbonyl (C=O) groups is 3. The summed E-state index contributed by atoms with van der Waals surface area (Å²) in [6, 6.07) is 5.36. The maximum absolute atomic E-state index is 12.4. The molecule has 1 aromatic carbocycles. The van der Waals surface area contributed by atoms with E-state index in [4.69, 9.17) is 4.74 Å². The van der Waals surface area contributed by atoms with Crippen molar-refractivity contribution in [2.24, 2.45) is 5.92 Å².